The number of hydrogen-bond donors (Lipinski definition) is 1. The summed E-state index contributed by atoms with van der Waals surface area (Å²) in [5, 5.41) is 3.53. The smallest absolute Gasteiger partial charge is 0.119 e. The standard InChI is InChI=1S/C25H27N3O/c1-18(2)21-7-4-19(5-8-21)15-26-16-20-6-13-25-24(14-20)27-17-28(25)22-9-11-23(29-3)12-10-22/h4-14,17-18,26H,15-16H2,1-3H3. The molecule has 0 bridgehead atoms. The Morgan fingerprint density at radius 1 is 0.897 bits per heavy atom. The van der Waals surface area contributed by atoms with Crippen LogP contribution in [0, 0.1) is 0 Å². The summed E-state index contributed by atoms with van der Waals surface area (Å²) in [5.74, 6) is 1.42. The third-order valence-electron chi connectivity index (χ3n) is 5.27. The van der Waals surface area contributed by atoms with Crippen LogP contribution in [0.2, 0.25) is 0 Å². The first kappa shape index (κ1) is 19.2. The zero-order chi connectivity index (χ0) is 20.2. The maximum atomic E-state index is 5.24. The molecule has 4 aromatic rings. The van der Waals surface area contributed by atoms with Crippen molar-refractivity contribution in [1.29, 1.82) is 0 Å². The Kier molecular flexibility index (Phi) is 5.63. The summed E-state index contributed by atoms with van der Waals surface area (Å²) in [6, 6.07) is 23.3. The van der Waals surface area contributed by atoms with E-state index in [1.54, 1.807) is 7.11 Å². The third-order valence-corrected chi connectivity index (χ3v) is 5.27. The molecule has 0 amide bonds. The average Bonchev–Trinajstić information content (AvgIpc) is 3.17. The summed E-state index contributed by atoms with van der Waals surface area (Å²) < 4.78 is 7.34. The van der Waals surface area contributed by atoms with Gasteiger partial charge in [0.05, 0.1) is 18.1 Å². The van der Waals surface area contributed by atoms with Gasteiger partial charge in [-0.3, -0.25) is 4.57 Å². The number of ether oxygens (including phenoxy) is 1. The van der Waals surface area contributed by atoms with Crippen LogP contribution in [-0.2, 0) is 13.1 Å². The molecule has 0 saturated heterocycles. The molecule has 3 aromatic carbocycles. The van der Waals surface area contributed by atoms with E-state index in [9.17, 15) is 0 Å². The van der Waals surface area contributed by atoms with Crippen molar-refractivity contribution in [3.8, 4) is 11.4 Å². The highest BCUT2D eigenvalue weighted by atomic mass is 16.5. The molecule has 0 aliphatic rings. The summed E-state index contributed by atoms with van der Waals surface area (Å²) in [7, 11) is 1.68. The van der Waals surface area contributed by atoms with Crippen molar-refractivity contribution in [2.24, 2.45) is 0 Å². The monoisotopic (exact) mass is 385 g/mol. The number of nitrogens with one attached hydrogen (secondary N) is 1. The minimum absolute atomic E-state index is 0.571. The lowest BCUT2D eigenvalue weighted by Crippen LogP contribution is -2.12. The molecular formula is C25H27N3O. The van der Waals surface area contributed by atoms with Crippen molar-refractivity contribution in [3.05, 3.63) is 89.7 Å². The van der Waals surface area contributed by atoms with Crippen molar-refractivity contribution < 1.29 is 4.74 Å². The van der Waals surface area contributed by atoms with Crippen LogP contribution in [0.25, 0.3) is 16.7 Å². The van der Waals surface area contributed by atoms with E-state index in [2.05, 4.69) is 71.2 Å². The summed E-state index contributed by atoms with van der Waals surface area (Å²) in [5.41, 5.74) is 7.09. The van der Waals surface area contributed by atoms with E-state index < -0.39 is 0 Å². The van der Waals surface area contributed by atoms with Crippen molar-refractivity contribution in [1.82, 2.24) is 14.9 Å². The first-order valence-corrected chi connectivity index (χ1v) is 10.0. The highest BCUT2D eigenvalue weighted by Crippen LogP contribution is 2.21. The quantitative estimate of drug-likeness (QED) is 0.460. The van der Waals surface area contributed by atoms with E-state index in [-0.39, 0.29) is 0 Å². The maximum absolute atomic E-state index is 5.24. The number of aromatic nitrogens is 2. The molecule has 0 aliphatic carbocycles. The summed E-state index contributed by atoms with van der Waals surface area (Å²) in [6.45, 7) is 6.12. The topological polar surface area (TPSA) is 39.1 Å². The molecule has 0 spiro atoms. The fourth-order valence-electron chi connectivity index (χ4n) is 3.49. The normalized spacial score (nSPS) is 11.3. The number of nitrogens with zero attached hydrogens (tertiary/aromatic N) is 2. The zero-order valence-electron chi connectivity index (χ0n) is 17.2. The van der Waals surface area contributed by atoms with Crippen LogP contribution in [0.4, 0.5) is 0 Å². The minimum Gasteiger partial charge on any atom is -0.497 e. The number of rotatable bonds is 7. The fraction of sp³-hybridized carbons (Fsp3) is 0.240. The van der Waals surface area contributed by atoms with Gasteiger partial charge in [-0.1, -0.05) is 44.2 Å². The highest BCUT2D eigenvalue weighted by molar-refractivity contribution is 5.78. The first-order chi connectivity index (χ1) is 14.1. The van der Waals surface area contributed by atoms with E-state index in [4.69, 9.17) is 4.74 Å². The van der Waals surface area contributed by atoms with Gasteiger partial charge in [-0.2, -0.15) is 0 Å². The Labute approximate surface area is 172 Å². The molecule has 0 fully saturated rings. The molecule has 0 radical (unpaired) electrons. The van der Waals surface area contributed by atoms with Crippen LogP contribution in [0.5, 0.6) is 5.75 Å². The van der Waals surface area contributed by atoms with Gasteiger partial charge in [-0.25, -0.2) is 4.98 Å². The Morgan fingerprint density at radius 2 is 1.59 bits per heavy atom. The lowest BCUT2D eigenvalue weighted by atomic mass is 10.0. The van der Waals surface area contributed by atoms with Gasteiger partial charge in [0, 0.05) is 18.8 Å². The first-order valence-electron chi connectivity index (χ1n) is 10.0. The lowest BCUT2D eigenvalue weighted by Gasteiger charge is -2.09. The number of imidazole rings is 1. The Hall–Kier alpha value is -3.11. The Balaban J connectivity index is 1.42. The van der Waals surface area contributed by atoms with Crippen LogP contribution in [0.1, 0.15) is 36.5 Å². The second-order valence-corrected chi connectivity index (χ2v) is 7.64. The highest BCUT2D eigenvalue weighted by Gasteiger charge is 2.06. The number of methoxy groups -OCH3 is 1. The molecule has 1 N–H and O–H groups in total. The minimum atomic E-state index is 0.571. The van der Waals surface area contributed by atoms with Gasteiger partial charge in [0.1, 0.15) is 12.1 Å². The van der Waals surface area contributed by atoms with Gasteiger partial charge in [-0.15, -0.1) is 0 Å². The molecule has 4 heteroatoms. The predicted molar refractivity (Wildman–Crippen MR) is 119 cm³/mol. The van der Waals surface area contributed by atoms with Gasteiger partial charge in [0.25, 0.3) is 0 Å². The van der Waals surface area contributed by atoms with Crippen molar-refractivity contribution in [3.63, 3.8) is 0 Å². The number of hydrogen-bond acceptors (Lipinski definition) is 3. The van der Waals surface area contributed by atoms with Crippen LogP contribution < -0.4 is 10.1 Å². The number of benzene rings is 3. The second kappa shape index (κ2) is 8.50. The van der Waals surface area contributed by atoms with Gasteiger partial charge in [0.15, 0.2) is 0 Å². The average molecular weight is 386 g/mol. The van der Waals surface area contributed by atoms with Crippen LogP contribution in [0.15, 0.2) is 73.1 Å². The van der Waals surface area contributed by atoms with E-state index in [1.165, 1.54) is 16.7 Å². The molecule has 4 nitrogen and oxygen atoms in total. The lowest BCUT2D eigenvalue weighted by molar-refractivity contribution is 0.415. The largest absolute Gasteiger partial charge is 0.497 e. The van der Waals surface area contributed by atoms with Gasteiger partial charge in [-0.05, 0) is 59.0 Å². The second-order valence-electron chi connectivity index (χ2n) is 7.64. The van der Waals surface area contributed by atoms with Gasteiger partial charge in [0.2, 0.25) is 0 Å². The maximum Gasteiger partial charge on any atom is 0.119 e. The molecule has 1 aromatic heterocycles. The molecule has 0 aliphatic heterocycles. The van der Waals surface area contributed by atoms with Crippen molar-refractivity contribution in [2.45, 2.75) is 32.9 Å². The summed E-state index contributed by atoms with van der Waals surface area (Å²) >= 11 is 0. The Morgan fingerprint density at radius 3 is 2.28 bits per heavy atom. The van der Waals surface area contributed by atoms with E-state index >= 15 is 0 Å². The van der Waals surface area contributed by atoms with Crippen LogP contribution >= 0.6 is 0 Å². The molecule has 4 rings (SSSR count). The molecular weight excluding hydrogens is 358 g/mol. The fourth-order valence-corrected chi connectivity index (χ4v) is 3.49. The predicted octanol–water partition coefficient (Wildman–Crippen LogP) is 5.45. The van der Waals surface area contributed by atoms with Crippen molar-refractivity contribution in [2.75, 3.05) is 7.11 Å². The van der Waals surface area contributed by atoms with E-state index in [1.807, 2.05) is 30.6 Å². The molecule has 0 atom stereocenters. The van der Waals surface area contributed by atoms with Crippen LogP contribution in [0.3, 0.4) is 0 Å². The summed E-state index contributed by atoms with van der Waals surface area (Å²) in [6.07, 6.45) is 1.87. The molecule has 1 heterocycles. The van der Waals surface area contributed by atoms with Gasteiger partial charge < -0.3 is 10.1 Å². The number of fused-ring (bicyclic) bond motifs is 1. The van der Waals surface area contributed by atoms with Crippen molar-refractivity contribution >= 4 is 11.0 Å². The SMILES string of the molecule is COc1ccc(-n2cnc3cc(CNCc4ccc(C(C)C)cc4)ccc32)cc1. The zero-order valence-corrected chi connectivity index (χ0v) is 17.2. The van der Waals surface area contributed by atoms with E-state index in [0.717, 1.165) is 35.6 Å². The third kappa shape index (κ3) is 4.33. The van der Waals surface area contributed by atoms with Crippen LogP contribution in [-0.4, -0.2) is 16.7 Å². The Bertz CT molecular complexity index is 1080. The van der Waals surface area contributed by atoms with E-state index in [0.29, 0.717) is 5.92 Å². The molecule has 0 saturated carbocycles. The molecule has 0 unspecified atom stereocenters. The molecule has 29 heavy (non-hydrogen) atoms. The van der Waals surface area contributed by atoms with Gasteiger partial charge >= 0.3 is 0 Å². The molecule has 148 valence electrons. The summed E-state index contributed by atoms with van der Waals surface area (Å²) in [4.78, 5) is 4.59.